The van der Waals surface area contributed by atoms with Crippen molar-refractivity contribution in [1.82, 2.24) is 9.97 Å². The van der Waals surface area contributed by atoms with Crippen molar-refractivity contribution in [2.24, 2.45) is 0 Å². The second-order valence-electron chi connectivity index (χ2n) is 4.84. The first-order valence-electron chi connectivity index (χ1n) is 6.80. The molecule has 0 unspecified atom stereocenters. The summed E-state index contributed by atoms with van der Waals surface area (Å²) in [5.41, 5.74) is 0.750. The number of aromatic nitrogens is 2. The molecule has 6 heteroatoms. The van der Waals surface area contributed by atoms with E-state index in [0.29, 0.717) is 35.4 Å². The van der Waals surface area contributed by atoms with E-state index in [1.807, 2.05) is 0 Å². The number of hydrogen-bond acceptors (Lipinski definition) is 3. The number of halogens is 2. The van der Waals surface area contributed by atoms with Crippen molar-refractivity contribution in [1.29, 1.82) is 0 Å². The fraction of sp³-hybridized carbons (Fsp3) is 0.125. The monoisotopic (exact) mass is 301 g/mol. The number of nitrogens with one attached hydrogen (secondary N) is 2. The van der Waals surface area contributed by atoms with E-state index in [1.54, 1.807) is 24.3 Å². The average Bonchev–Trinajstić information content (AvgIpc) is 2.50. The fourth-order valence-corrected chi connectivity index (χ4v) is 2.21. The molecule has 0 fully saturated rings. The van der Waals surface area contributed by atoms with Gasteiger partial charge in [0, 0.05) is 12.6 Å². The van der Waals surface area contributed by atoms with E-state index in [4.69, 9.17) is 0 Å². The molecule has 3 aromatic rings. The summed E-state index contributed by atoms with van der Waals surface area (Å²) in [5, 5.41) is 3.45. The summed E-state index contributed by atoms with van der Waals surface area (Å²) in [4.78, 5) is 18.8. The largest absolute Gasteiger partial charge is 0.355 e. The van der Waals surface area contributed by atoms with Gasteiger partial charge in [-0.15, -0.1) is 0 Å². The normalized spacial score (nSPS) is 10.8. The summed E-state index contributed by atoms with van der Waals surface area (Å²) in [6, 6.07) is 10.5. The van der Waals surface area contributed by atoms with Crippen LogP contribution in [0, 0.1) is 11.6 Å². The van der Waals surface area contributed by atoms with Crippen LogP contribution in [-0.2, 0) is 6.42 Å². The third-order valence-corrected chi connectivity index (χ3v) is 3.31. The molecular formula is C16H13F2N3O. The van der Waals surface area contributed by atoms with E-state index in [9.17, 15) is 13.6 Å². The number of anilines is 1. The first-order valence-corrected chi connectivity index (χ1v) is 6.80. The topological polar surface area (TPSA) is 57.8 Å². The van der Waals surface area contributed by atoms with Gasteiger partial charge >= 0.3 is 0 Å². The first-order chi connectivity index (χ1) is 10.6. The fourth-order valence-electron chi connectivity index (χ4n) is 2.21. The third-order valence-electron chi connectivity index (χ3n) is 3.31. The predicted molar refractivity (Wildman–Crippen MR) is 80.9 cm³/mol. The highest BCUT2D eigenvalue weighted by molar-refractivity contribution is 5.78. The summed E-state index contributed by atoms with van der Waals surface area (Å²) in [7, 11) is 0. The number of rotatable bonds is 4. The molecule has 1 aromatic heterocycles. The summed E-state index contributed by atoms with van der Waals surface area (Å²) < 4.78 is 26.3. The van der Waals surface area contributed by atoms with Gasteiger partial charge in [-0.05, 0) is 30.2 Å². The Balaban J connectivity index is 1.73. The minimum atomic E-state index is -0.602. The van der Waals surface area contributed by atoms with E-state index in [2.05, 4.69) is 15.3 Å². The van der Waals surface area contributed by atoms with Gasteiger partial charge < -0.3 is 5.32 Å². The molecule has 0 saturated carbocycles. The van der Waals surface area contributed by atoms with Crippen LogP contribution in [0.15, 0.2) is 47.3 Å². The summed E-state index contributed by atoms with van der Waals surface area (Å²) >= 11 is 0. The van der Waals surface area contributed by atoms with Gasteiger partial charge in [-0.25, -0.2) is 13.8 Å². The Kier molecular flexibility index (Phi) is 3.82. The second kappa shape index (κ2) is 5.93. The summed E-state index contributed by atoms with van der Waals surface area (Å²) in [5.74, 6) is -0.859. The van der Waals surface area contributed by atoms with Gasteiger partial charge in [-0.2, -0.15) is 0 Å². The van der Waals surface area contributed by atoms with Crippen LogP contribution in [0.4, 0.5) is 14.7 Å². The van der Waals surface area contributed by atoms with Crippen LogP contribution in [0.3, 0.4) is 0 Å². The molecule has 0 spiro atoms. The molecule has 0 amide bonds. The number of aromatic amines is 1. The molecule has 2 N–H and O–H groups in total. The number of H-pyrrole nitrogens is 1. The molecule has 0 saturated heterocycles. The van der Waals surface area contributed by atoms with E-state index in [0.717, 1.165) is 6.07 Å². The Hall–Kier alpha value is -2.76. The maximum Gasteiger partial charge on any atom is 0.260 e. The maximum absolute atomic E-state index is 13.5. The van der Waals surface area contributed by atoms with Crippen molar-refractivity contribution in [3.8, 4) is 0 Å². The molecule has 112 valence electrons. The Labute approximate surface area is 124 Å². The van der Waals surface area contributed by atoms with Crippen LogP contribution < -0.4 is 10.9 Å². The van der Waals surface area contributed by atoms with Crippen molar-refractivity contribution in [2.75, 3.05) is 11.9 Å². The highest BCUT2D eigenvalue weighted by Crippen LogP contribution is 2.11. The zero-order valence-electron chi connectivity index (χ0n) is 11.6. The Morgan fingerprint density at radius 1 is 1.14 bits per heavy atom. The van der Waals surface area contributed by atoms with Gasteiger partial charge in [0.05, 0.1) is 10.9 Å². The van der Waals surface area contributed by atoms with E-state index >= 15 is 0 Å². The number of hydrogen-bond donors (Lipinski definition) is 2. The highest BCUT2D eigenvalue weighted by atomic mass is 19.1. The lowest BCUT2D eigenvalue weighted by Crippen LogP contribution is -2.15. The lowest BCUT2D eigenvalue weighted by atomic mass is 10.1. The molecule has 0 atom stereocenters. The molecular weight excluding hydrogens is 288 g/mol. The van der Waals surface area contributed by atoms with Crippen molar-refractivity contribution in [3.63, 3.8) is 0 Å². The van der Waals surface area contributed by atoms with Gasteiger partial charge in [0.2, 0.25) is 5.95 Å². The average molecular weight is 301 g/mol. The molecule has 0 aliphatic heterocycles. The summed E-state index contributed by atoms with van der Waals surface area (Å²) in [6.45, 7) is 0.365. The molecule has 1 heterocycles. The van der Waals surface area contributed by atoms with Gasteiger partial charge in [0.15, 0.2) is 0 Å². The van der Waals surface area contributed by atoms with Gasteiger partial charge in [0.1, 0.15) is 11.6 Å². The first kappa shape index (κ1) is 14.2. The third kappa shape index (κ3) is 2.95. The van der Waals surface area contributed by atoms with Crippen molar-refractivity contribution in [2.45, 2.75) is 6.42 Å². The predicted octanol–water partition coefficient (Wildman–Crippen LogP) is 2.86. The molecule has 3 rings (SSSR count). The van der Waals surface area contributed by atoms with Crippen LogP contribution in [0.1, 0.15) is 5.56 Å². The molecule has 0 aliphatic carbocycles. The maximum atomic E-state index is 13.5. The smallest absolute Gasteiger partial charge is 0.260 e. The Bertz CT molecular complexity index is 877. The molecule has 0 aliphatic rings. The Morgan fingerprint density at radius 2 is 1.95 bits per heavy atom. The van der Waals surface area contributed by atoms with Crippen molar-refractivity contribution >= 4 is 16.9 Å². The molecule has 4 nitrogen and oxygen atoms in total. The van der Waals surface area contributed by atoms with Crippen LogP contribution in [-0.4, -0.2) is 16.5 Å². The highest BCUT2D eigenvalue weighted by Gasteiger charge is 2.05. The van der Waals surface area contributed by atoms with Crippen LogP contribution in [0.2, 0.25) is 0 Å². The molecule has 0 radical (unpaired) electrons. The van der Waals surface area contributed by atoms with Crippen LogP contribution >= 0.6 is 0 Å². The van der Waals surface area contributed by atoms with E-state index < -0.39 is 11.6 Å². The molecule has 0 bridgehead atoms. The minimum Gasteiger partial charge on any atom is -0.355 e. The van der Waals surface area contributed by atoms with E-state index in [-0.39, 0.29) is 5.56 Å². The zero-order chi connectivity index (χ0) is 15.5. The molecule has 22 heavy (non-hydrogen) atoms. The molecule has 2 aromatic carbocycles. The lowest BCUT2D eigenvalue weighted by molar-refractivity contribution is 0.572. The zero-order valence-corrected chi connectivity index (χ0v) is 11.6. The Morgan fingerprint density at radius 3 is 2.77 bits per heavy atom. The minimum absolute atomic E-state index is 0.235. The van der Waals surface area contributed by atoms with Gasteiger partial charge in [-0.1, -0.05) is 18.2 Å². The standard InChI is InChI=1S/C16H13F2N3O/c17-11-6-5-10(13(18)9-11)7-8-19-16-20-14-4-2-1-3-12(14)15(22)21-16/h1-6,9H,7-8H2,(H2,19,20,21,22). The quantitative estimate of drug-likeness (QED) is 0.779. The lowest BCUT2D eigenvalue weighted by Gasteiger charge is -2.07. The van der Waals surface area contributed by atoms with Crippen molar-refractivity contribution in [3.05, 3.63) is 70.0 Å². The number of benzene rings is 2. The summed E-state index contributed by atoms with van der Waals surface area (Å²) in [6.07, 6.45) is 0.350. The van der Waals surface area contributed by atoms with Crippen LogP contribution in [0.25, 0.3) is 10.9 Å². The number of nitrogens with zero attached hydrogens (tertiary/aromatic N) is 1. The number of fused-ring (bicyclic) bond motifs is 1. The van der Waals surface area contributed by atoms with Gasteiger partial charge in [-0.3, -0.25) is 9.78 Å². The van der Waals surface area contributed by atoms with E-state index in [1.165, 1.54) is 12.1 Å². The van der Waals surface area contributed by atoms with Crippen molar-refractivity contribution < 1.29 is 8.78 Å². The van der Waals surface area contributed by atoms with Crippen LogP contribution in [0.5, 0.6) is 0 Å². The van der Waals surface area contributed by atoms with Gasteiger partial charge in [0.25, 0.3) is 5.56 Å². The SMILES string of the molecule is O=c1[nH]c(NCCc2ccc(F)cc2F)nc2ccccc12. The second-order valence-corrected chi connectivity index (χ2v) is 4.84. The number of para-hydroxylation sites is 1.